The van der Waals surface area contributed by atoms with Crippen LogP contribution in [0, 0.1) is 11.3 Å². The highest BCUT2D eigenvalue weighted by atomic mass is 16.5. The Hall–Kier alpha value is -1.36. The Labute approximate surface area is 100 Å². The second-order valence-corrected chi connectivity index (χ2v) is 4.23. The van der Waals surface area contributed by atoms with Crippen molar-refractivity contribution in [2.24, 2.45) is 11.3 Å². The van der Waals surface area contributed by atoms with E-state index in [0.717, 1.165) is 0 Å². The van der Waals surface area contributed by atoms with Gasteiger partial charge in [-0.1, -0.05) is 12.2 Å². The summed E-state index contributed by atoms with van der Waals surface area (Å²) in [5.41, 5.74) is -1.37. The predicted octanol–water partition coefficient (Wildman–Crippen LogP) is 0.666. The molecule has 0 unspecified atom stereocenters. The van der Waals surface area contributed by atoms with Crippen LogP contribution in [0.5, 0.6) is 0 Å². The van der Waals surface area contributed by atoms with Crippen molar-refractivity contribution < 1.29 is 24.2 Å². The van der Waals surface area contributed by atoms with Gasteiger partial charge in [-0.2, -0.15) is 0 Å². The molecule has 96 valence electrons. The van der Waals surface area contributed by atoms with Crippen LogP contribution in [0.15, 0.2) is 12.2 Å². The maximum absolute atomic E-state index is 11.8. The Balaban J connectivity index is 3.03. The second kappa shape index (κ2) is 5.31. The highest BCUT2D eigenvalue weighted by Crippen LogP contribution is 2.44. The number of methoxy groups -OCH3 is 2. The van der Waals surface area contributed by atoms with Crippen LogP contribution in [0.3, 0.4) is 0 Å². The Morgan fingerprint density at radius 3 is 2.18 bits per heavy atom. The van der Waals surface area contributed by atoms with Crippen LogP contribution in [0.1, 0.15) is 19.8 Å². The maximum atomic E-state index is 11.8. The number of esters is 2. The van der Waals surface area contributed by atoms with E-state index in [1.165, 1.54) is 14.2 Å². The van der Waals surface area contributed by atoms with Gasteiger partial charge in [0.2, 0.25) is 0 Å². The molecule has 1 N–H and O–H groups in total. The van der Waals surface area contributed by atoms with Gasteiger partial charge in [0.15, 0.2) is 5.41 Å². The standard InChI is InChI=1S/C12H18O5/c1-4-5-8-6-12(7-9(8)13,10(14)16-2)11(15)17-3/h4-5,8-9,13H,6-7H2,1-3H3/b5-4+/t8-,9-/m1/s1. The van der Waals surface area contributed by atoms with Crippen LogP contribution in [-0.2, 0) is 19.1 Å². The third-order valence-electron chi connectivity index (χ3n) is 3.23. The fourth-order valence-corrected chi connectivity index (χ4v) is 2.38. The summed E-state index contributed by atoms with van der Waals surface area (Å²) in [5, 5.41) is 9.88. The van der Waals surface area contributed by atoms with E-state index in [2.05, 4.69) is 9.47 Å². The molecule has 1 fully saturated rings. The molecule has 0 bridgehead atoms. The van der Waals surface area contributed by atoms with Crippen LogP contribution < -0.4 is 0 Å². The summed E-state index contributed by atoms with van der Waals surface area (Å²) in [5.74, 6) is -1.51. The lowest BCUT2D eigenvalue weighted by atomic mass is 9.85. The molecule has 1 saturated carbocycles. The number of rotatable bonds is 3. The van der Waals surface area contributed by atoms with E-state index >= 15 is 0 Å². The van der Waals surface area contributed by atoms with Crippen LogP contribution in [0.2, 0.25) is 0 Å². The number of ether oxygens (including phenoxy) is 2. The quantitative estimate of drug-likeness (QED) is 0.447. The lowest BCUT2D eigenvalue weighted by Crippen LogP contribution is -2.39. The number of aliphatic hydroxyl groups is 1. The van der Waals surface area contributed by atoms with Crippen molar-refractivity contribution in [3.05, 3.63) is 12.2 Å². The van der Waals surface area contributed by atoms with Gasteiger partial charge in [-0.05, 0) is 13.3 Å². The molecule has 0 aromatic heterocycles. The summed E-state index contributed by atoms with van der Waals surface area (Å²) < 4.78 is 9.32. The summed E-state index contributed by atoms with van der Waals surface area (Å²) in [6.07, 6.45) is 3.11. The van der Waals surface area contributed by atoms with Crippen molar-refractivity contribution >= 4 is 11.9 Å². The number of allylic oxidation sites excluding steroid dienone is 1. The van der Waals surface area contributed by atoms with E-state index < -0.39 is 23.5 Å². The number of hydrogen-bond donors (Lipinski definition) is 1. The molecule has 1 rings (SSSR count). The third-order valence-corrected chi connectivity index (χ3v) is 3.23. The van der Waals surface area contributed by atoms with Gasteiger partial charge in [0.05, 0.1) is 20.3 Å². The average Bonchev–Trinajstić information content (AvgIpc) is 2.66. The first-order valence-electron chi connectivity index (χ1n) is 5.49. The zero-order valence-electron chi connectivity index (χ0n) is 10.3. The van der Waals surface area contributed by atoms with E-state index in [0.29, 0.717) is 0 Å². The largest absolute Gasteiger partial charge is 0.468 e. The van der Waals surface area contributed by atoms with E-state index in [4.69, 9.17) is 0 Å². The summed E-state index contributed by atoms with van der Waals surface area (Å²) in [6, 6.07) is 0. The first kappa shape index (κ1) is 13.7. The topological polar surface area (TPSA) is 72.8 Å². The van der Waals surface area contributed by atoms with Gasteiger partial charge < -0.3 is 14.6 Å². The smallest absolute Gasteiger partial charge is 0.323 e. The Morgan fingerprint density at radius 2 is 1.76 bits per heavy atom. The molecule has 0 saturated heterocycles. The molecule has 0 aromatic rings. The average molecular weight is 242 g/mol. The molecule has 5 nitrogen and oxygen atoms in total. The minimum absolute atomic E-state index is 0.0430. The van der Waals surface area contributed by atoms with Crippen LogP contribution in [0.4, 0.5) is 0 Å². The minimum Gasteiger partial charge on any atom is -0.468 e. The van der Waals surface area contributed by atoms with Gasteiger partial charge in [0.25, 0.3) is 0 Å². The van der Waals surface area contributed by atoms with Gasteiger partial charge >= 0.3 is 11.9 Å². The summed E-state index contributed by atoms with van der Waals surface area (Å²) >= 11 is 0. The Bertz CT molecular complexity index is 318. The van der Waals surface area contributed by atoms with Gasteiger partial charge in [-0.3, -0.25) is 9.59 Å². The highest BCUT2D eigenvalue weighted by molar-refractivity contribution is 6.00. The van der Waals surface area contributed by atoms with Crippen molar-refractivity contribution in [2.75, 3.05) is 14.2 Å². The number of carbonyl (C=O) groups excluding carboxylic acids is 2. The van der Waals surface area contributed by atoms with Crippen molar-refractivity contribution in [3.63, 3.8) is 0 Å². The van der Waals surface area contributed by atoms with E-state index in [9.17, 15) is 14.7 Å². The zero-order chi connectivity index (χ0) is 13.1. The van der Waals surface area contributed by atoms with E-state index in [1.54, 1.807) is 12.2 Å². The molecule has 2 atom stereocenters. The molecule has 0 radical (unpaired) electrons. The van der Waals surface area contributed by atoms with Gasteiger partial charge in [0.1, 0.15) is 0 Å². The van der Waals surface area contributed by atoms with Crippen molar-refractivity contribution in [1.29, 1.82) is 0 Å². The first-order chi connectivity index (χ1) is 8.01. The zero-order valence-corrected chi connectivity index (χ0v) is 10.3. The molecule has 1 aliphatic rings. The second-order valence-electron chi connectivity index (χ2n) is 4.23. The van der Waals surface area contributed by atoms with E-state index in [1.807, 2.05) is 6.92 Å². The monoisotopic (exact) mass is 242 g/mol. The number of carbonyl (C=O) groups is 2. The molecule has 17 heavy (non-hydrogen) atoms. The molecular formula is C12H18O5. The van der Waals surface area contributed by atoms with E-state index in [-0.39, 0.29) is 18.8 Å². The predicted molar refractivity (Wildman–Crippen MR) is 60.0 cm³/mol. The molecule has 0 heterocycles. The number of hydrogen-bond acceptors (Lipinski definition) is 5. The Morgan fingerprint density at radius 1 is 1.24 bits per heavy atom. The maximum Gasteiger partial charge on any atom is 0.323 e. The van der Waals surface area contributed by atoms with Crippen LogP contribution in [-0.4, -0.2) is 37.4 Å². The summed E-state index contributed by atoms with van der Waals surface area (Å²) in [6.45, 7) is 1.82. The molecule has 1 aliphatic carbocycles. The SMILES string of the molecule is C/C=C/[C@@H]1CC(C(=O)OC)(C(=O)OC)C[C@H]1O. The summed E-state index contributed by atoms with van der Waals surface area (Å²) in [4.78, 5) is 23.5. The number of aliphatic hydroxyl groups excluding tert-OH is 1. The van der Waals surface area contributed by atoms with Crippen molar-refractivity contribution in [1.82, 2.24) is 0 Å². The fraction of sp³-hybridized carbons (Fsp3) is 0.667. The Kier molecular flexibility index (Phi) is 4.28. The third kappa shape index (κ3) is 2.34. The summed E-state index contributed by atoms with van der Waals surface area (Å²) in [7, 11) is 2.45. The molecule has 5 heteroatoms. The van der Waals surface area contributed by atoms with Gasteiger partial charge in [-0.25, -0.2) is 0 Å². The lowest BCUT2D eigenvalue weighted by molar-refractivity contribution is -0.169. The fourth-order valence-electron chi connectivity index (χ4n) is 2.38. The van der Waals surface area contributed by atoms with Crippen LogP contribution >= 0.6 is 0 Å². The van der Waals surface area contributed by atoms with Crippen LogP contribution in [0.25, 0.3) is 0 Å². The van der Waals surface area contributed by atoms with Gasteiger partial charge in [0, 0.05) is 12.3 Å². The lowest BCUT2D eigenvalue weighted by Gasteiger charge is -2.22. The van der Waals surface area contributed by atoms with Gasteiger partial charge in [-0.15, -0.1) is 0 Å². The van der Waals surface area contributed by atoms with Crippen molar-refractivity contribution in [3.8, 4) is 0 Å². The normalized spacial score (nSPS) is 27.1. The molecular weight excluding hydrogens is 224 g/mol. The minimum atomic E-state index is -1.37. The highest BCUT2D eigenvalue weighted by Gasteiger charge is 2.56. The van der Waals surface area contributed by atoms with Crippen molar-refractivity contribution in [2.45, 2.75) is 25.9 Å². The molecule has 0 aromatic carbocycles. The molecule has 0 amide bonds. The molecule has 0 spiro atoms. The first-order valence-corrected chi connectivity index (χ1v) is 5.49. The molecule has 0 aliphatic heterocycles.